The molecule has 0 saturated carbocycles. The quantitative estimate of drug-likeness (QED) is 0.813. The van der Waals surface area contributed by atoms with Crippen LogP contribution in [0.3, 0.4) is 0 Å². The van der Waals surface area contributed by atoms with Gasteiger partial charge in [0.2, 0.25) is 0 Å². The average molecular weight is 219 g/mol. The normalized spacial score (nSPS) is 16.5. The van der Waals surface area contributed by atoms with E-state index >= 15 is 0 Å². The summed E-state index contributed by atoms with van der Waals surface area (Å²) >= 11 is 0. The van der Waals surface area contributed by atoms with Gasteiger partial charge in [0.05, 0.1) is 6.10 Å². The minimum Gasteiger partial charge on any atom is -0.387 e. The van der Waals surface area contributed by atoms with E-state index < -0.39 is 0 Å². The first kappa shape index (κ1) is 11.6. The zero-order valence-electron chi connectivity index (χ0n) is 10.2. The highest BCUT2D eigenvalue weighted by atomic mass is 16.3. The van der Waals surface area contributed by atoms with E-state index in [0.717, 1.165) is 5.56 Å². The van der Waals surface area contributed by atoms with Crippen LogP contribution in [0.25, 0.3) is 0 Å². The Hall–Kier alpha value is -0.860. The molecule has 1 aliphatic rings. The molecule has 1 aromatic rings. The Morgan fingerprint density at radius 3 is 2.75 bits per heavy atom. The number of benzene rings is 1. The fourth-order valence-electron chi connectivity index (χ4n) is 2.26. The summed E-state index contributed by atoms with van der Waals surface area (Å²) in [4.78, 5) is 0. The van der Waals surface area contributed by atoms with Crippen molar-refractivity contribution in [3.8, 4) is 0 Å². The molecule has 0 amide bonds. The molecule has 0 radical (unpaired) electrons. The van der Waals surface area contributed by atoms with Crippen molar-refractivity contribution in [2.45, 2.75) is 45.3 Å². The number of aliphatic hydroxyl groups excluding tert-OH is 1. The van der Waals surface area contributed by atoms with Crippen molar-refractivity contribution in [3.63, 3.8) is 0 Å². The Morgan fingerprint density at radius 2 is 2.00 bits per heavy atom. The lowest BCUT2D eigenvalue weighted by atomic mass is 10.0. The molecule has 2 rings (SSSR count). The van der Waals surface area contributed by atoms with Gasteiger partial charge in [0.15, 0.2) is 0 Å². The molecule has 0 heterocycles. The molecule has 2 N–H and O–H groups in total. The highest BCUT2D eigenvalue weighted by Crippen LogP contribution is 2.25. The van der Waals surface area contributed by atoms with Gasteiger partial charge in [-0.25, -0.2) is 0 Å². The SMILES string of the molecule is CC(C)NC[C@@H](O)c1ccc2c(c1)CCC2. The Kier molecular flexibility index (Phi) is 3.62. The molecule has 0 saturated heterocycles. The van der Waals surface area contributed by atoms with Gasteiger partial charge in [-0.15, -0.1) is 0 Å². The van der Waals surface area contributed by atoms with Gasteiger partial charge in [0, 0.05) is 12.6 Å². The van der Waals surface area contributed by atoms with Gasteiger partial charge in [-0.05, 0) is 36.0 Å². The van der Waals surface area contributed by atoms with E-state index in [1.165, 1.54) is 30.4 Å². The van der Waals surface area contributed by atoms with Crippen LogP contribution < -0.4 is 5.32 Å². The van der Waals surface area contributed by atoms with E-state index in [1.54, 1.807) is 0 Å². The lowest BCUT2D eigenvalue weighted by Crippen LogP contribution is -2.27. The number of nitrogens with one attached hydrogen (secondary N) is 1. The minimum absolute atomic E-state index is 0.381. The molecule has 1 aromatic carbocycles. The van der Waals surface area contributed by atoms with Gasteiger partial charge in [-0.1, -0.05) is 32.0 Å². The number of hydrogen-bond acceptors (Lipinski definition) is 2. The van der Waals surface area contributed by atoms with Gasteiger partial charge in [0.1, 0.15) is 0 Å². The molecule has 0 aromatic heterocycles. The zero-order valence-corrected chi connectivity index (χ0v) is 10.2. The van der Waals surface area contributed by atoms with Crippen molar-refractivity contribution in [2.75, 3.05) is 6.54 Å². The van der Waals surface area contributed by atoms with E-state index in [1.807, 2.05) is 0 Å². The summed E-state index contributed by atoms with van der Waals surface area (Å²) in [5.41, 5.74) is 3.95. The van der Waals surface area contributed by atoms with Crippen LogP contribution in [0.5, 0.6) is 0 Å². The smallest absolute Gasteiger partial charge is 0.0914 e. The summed E-state index contributed by atoms with van der Waals surface area (Å²) in [6.07, 6.45) is 3.26. The first-order valence-corrected chi connectivity index (χ1v) is 6.20. The summed E-state index contributed by atoms with van der Waals surface area (Å²) in [6, 6.07) is 6.84. The molecule has 2 nitrogen and oxygen atoms in total. The van der Waals surface area contributed by atoms with Crippen LogP contribution in [-0.2, 0) is 12.8 Å². The summed E-state index contributed by atoms with van der Waals surface area (Å²) < 4.78 is 0. The molecule has 1 atom stereocenters. The van der Waals surface area contributed by atoms with Crippen LogP contribution >= 0.6 is 0 Å². The largest absolute Gasteiger partial charge is 0.387 e. The zero-order chi connectivity index (χ0) is 11.5. The maximum Gasteiger partial charge on any atom is 0.0914 e. The van der Waals surface area contributed by atoms with Crippen LogP contribution in [0.15, 0.2) is 18.2 Å². The summed E-state index contributed by atoms with van der Waals surface area (Å²) in [7, 11) is 0. The molecule has 88 valence electrons. The highest BCUT2D eigenvalue weighted by molar-refractivity contribution is 5.36. The van der Waals surface area contributed by atoms with E-state index in [9.17, 15) is 5.11 Å². The second-order valence-electron chi connectivity index (χ2n) is 4.96. The molecule has 16 heavy (non-hydrogen) atoms. The fourth-order valence-corrected chi connectivity index (χ4v) is 2.26. The molecule has 1 aliphatic carbocycles. The van der Waals surface area contributed by atoms with Crippen molar-refractivity contribution < 1.29 is 5.11 Å². The van der Waals surface area contributed by atoms with Crippen molar-refractivity contribution in [1.82, 2.24) is 5.32 Å². The van der Waals surface area contributed by atoms with Crippen LogP contribution in [0.1, 0.15) is 43.1 Å². The standard InChI is InChI=1S/C14H21NO/c1-10(2)15-9-14(16)13-7-6-11-4-3-5-12(11)8-13/h6-8,10,14-16H,3-5,9H2,1-2H3/t14-/m1/s1. The molecule has 0 bridgehead atoms. The van der Waals surface area contributed by atoms with Crippen LogP contribution in [-0.4, -0.2) is 17.7 Å². The third-order valence-corrected chi connectivity index (χ3v) is 3.23. The predicted octanol–water partition coefficient (Wildman–Crippen LogP) is 2.21. The number of rotatable bonds is 4. The van der Waals surface area contributed by atoms with E-state index in [4.69, 9.17) is 0 Å². The molecule has 0 aliphatic heterocycles. The van der Waals surface area contributed by atoms with E-state index in [-0.39, 0.29) is 6.10 Å². The molecular formula is C14H21NO. The second kappa shape index (κ2) is 4.98. The van der Waals surface area contributed by atoms with Gasteiger partial charge < -0.3 is 10.4 Å². The third kappa shape index (κ3) is 2.63. The number of hydrogen-bond donors (Lipinski definition) is 2. The minimum atomic E-state index is -0.381. The predicted molar refractivity (Wildman–Crippen MR) is 66.6 cm³/mol. The molecular weight excluding hydrogens is 198 g/mol. The Labute approximate surface area is 97.7 Å². The van der Waals surface area contributed by atoms with Crippen LogP contribution in [0.4, 0.5) is 0 Å². The molecule has 0 spiro atoms. The maximum atomic E-state index is 10.0. The van der Waals surface area contributed by atoms with Crippen molar-refractivity contribution in [1.29, 1.82) is 0 Å². The molecule has 0 fully saturated rings. The van der Waals surface area contributed by atoms with Crippen molar-refractivity contribution >= 4 is 0 Å². The lowest BCUT2D eigenvalue weighted by molar-refractivity contribution is 0.171. The number of aryl methyl sites for hydroxylation is 2. The monoisotopic (exact) mass is 219 g/mol. The first-order valence-electron chi connectivity index (χ1n) is 6.20. The van der Waals surface area contributed by atoms with Gasteiger partial charge in [0.25, 0.3) is 0 Å². The summed E-state index contributed by atoms with van der Waals surface area (Å²) in [5.74, 6) is 0. The number of fused-ring (bicyclic) bond motifs is 1. The summed E-state index contributed by atoms with van der Waals surface area (Å²) in [6.45, 7) is 4.82. The Bertz CT molecular complexity index is 360. The highest BCUT2D eigenvalue weighted by Gasteiger charge is 2.14. The molecule has 0 unspecified atom stereocenters. The van der Waals surface area contributed by atoms with E-state index in [2.05, 4.69) is 37.4 Å². The van der Waals surface area contributed by atoms with Gasteiger partial charge in [-0.2, -0.15) is 0 Å². The first-order chi connectivity index (χ1) is 7.66. The van der Waals surface area contributed by atoms with Crippen LogP contribution in [0, 0.1) is 0 Å². The van der Waals surface area contributed by atoms with Crippen LogP contribution in [0.2, 0.25) is 0 Å². The summed E-state index contributed by atoms with van der Waals surface area (Å²) in [5, 5.41) is 13.3. The lowest BCUT2D eigenvalue weighted by Gasteiger charge is -2.15. The Morgan fingerprint density at radius 1 is 1.25 bits per heavy atom. The third-order valence-electron chi connectivity index (χ3n) is 3.23. The second-order valence-corrected chi connectivity index (χ2v) is 4.96. The van der Waals surface area contributed by atoms with E-state index in [0.29, 0.717) is 12.6 Å². The Balaban J connectivity index is 2.03. The van der Waals surface area contributed by atoms with Gasteiger partial charge >= 0.3 is 0 Å². The average Bonchev–Trinajstić information content (AvgIpc) is 2.72. The van der Waals surface area contributed by atoms with Gasteiger partial charge in [-0.3, -0.25) is 0 Å². The maximum absolute atomic E-state index is 10.0. The molecule has 2 heteroatoms. The van der Waals surface area contributed by atoms with Crippen molar-refractivity contribution in [3.05, 3.63) is 34.9 Å². The number of aliphatic hydroxyl groups is 1. The fraction of sp³-hybridized carbons (Fsp3) is 0.571. The van der Waals surface area contributed by atoms with Crippen molar-refractivity contribution in [2.24, 2.45) is 0 Å². The topological polar surface area (TPSA) is 32.3 Å².